The van der Waals surface area contributed by atoms with Crippen LogP contribution in [-0.4, -0.2) is 28.6 Å². The molecule has 0 radical (unpaired) electrons. The largest absolute Gasteiger partial charge is 0.368 e. The van der Waals surface area contributed by atoms with Crippen molar-refractivity contribution in [2.24, 2.45) is 0 Å². The summed E-state index contributed by atoms with van der Waals surface area (Å²) in [6.07, 6.45) is 4.47. The lowest BCUT2D eigenvalue weighted by Gasteiger charge is -2.34. The quantitative estimate of drug-likeness (QED) is 0.938. The highest BCUT2D eigenvalue weighted by Crippen LogP contribution is 2.35. The molecule has 5 nitrogen and oxygen atoms in total. The number of nitrogens with one attached hydrogen (secondary N) is 1. The highest BCUT2D eigenvalue weighted by molar-refractivity contribution is 7.10. The zero-order valence-corrected chi connectivity index (χ0v) is 13.1. The van der Waals surface area contributed by atoms with Crippen LogP contribution in [0.3, 0.4) is 0 Å². The van der Waals surface area contributed by atoms with Crippen molar-refractivity contribution in [1.82, 2.24) is 14.9 Å². The second-order valence-corrected chi connectivity index (χ2v) is 6.47. The second kappa shape index (κ2) is 5.61. The lowest BCUT2D eigenvalue weighted by molar-refractivity contribution is -0.124. The molecule has 2 aromatic rings. The molecule has 0 aliphatic carbocycles. The molecular weight excluding hydrogens is 286 g/mol. The first-order chi connectivity index (χ1) is 10.1. The van der Waals surface area contributed by atoms with Crippen molar-refractivity contribution in [3.63, 3.8) is 0 Å². The van der Waals surface area contributed by atoms with Gasteiger partial charge in [0.25, 0.3) is 0 Å². The van der Waals surface area contributed by atoms with Gasteiger partial charge in [-0.05, 0) is 30.9 Å². The van der Waals surface area contributed by atoms with Crippen LogP contribution in [0, 0.1) is 6.92 Å². The predicted octanol–water partition coefficient (Wildman–Crippen LogP) is 1.86. The van der Waals surface area contributed by atoms with Crippen LogP contribution >= 0.6 is 11.3 Å². The Morgan fingerprint density at radius 1 is 1.62 bits per heavy atom. The molecule has 0 saturated heterocycles. The molecule has 1 aliphatic rings. The summed E-state index contributed by atoms with van der Waals surface area (Å²) >= 11 is 1.76. The summed E-state index contributed by atoms with van der Waals surface area (Å²) in [5.41, 5.74) is 0.783. The maximum Gasteiger partial charge on any atom is 0.240 e. The van der Waals surface area contributed by atoms with Crippen LogP contribution in [0.2, 0.25) is 0 Å². The van der Waals surface area contributed by atoms with Crippen molar-refractivity contribution in [1.29, 1.82) is 0 Å². The van der Waals surface area contributed by atoms with Gasteiger partial charge in [0.1, 0.15) is 18.0 Å². The van der Waals surface area contributed by atoms with Crippen LogP contribution in [0.1, 0.15) is 23.2 Å². The van der Waals surface area contributed by atoms with Crippen LogP contribution in [0.25, 0.3) is 0 Å². The number of ether oxygens (including phenoxy) is 1. The molecule has 0 bridgehead atoms. The van der Waals surface area contributed by atoms with Gasteiger partial charge in [-0.1, -0.05) is 0 Å². The first kappa shape index (κ1) is 14.3. The molecular formula is C15H19N3O2S. The van der Waals surface area contributed by atoms with Gasteiger partial charge in [-0.25, -0.2) is 4.98 Å². The molecule has 1 amide bonds. The van der Waals surface area contributed by atoms with Gasteiger partial charge in [0.05, 0.1) is 13.2 Å². The molecule has 0 aromatic carbocycles. The third-order valence-electron chi connectivity index (χ3n) is 3.93. The normalized spacial score (nSPS) is 21.0. The average molecular weight is 305 g/mol. The average Bonchev–Trinajstić information content (AvgIpc) is 3.08. The van der Waals surface area contributed by atoms with Gasteiger partial charge in [-0.2, -0.15) is 0 Å². The lowest BCUT2D eigenvalue weighted by atomic mass is 9.93. The van der Waals surface area contributed by atoms with E-state index in [9.17, 15) is 4.79 Å². The topological polar surface area (TPSA) is 56.2 Å². The van der Waals surface area contributed by atoms with Crippen molar-refractivity contribution in [3.05, 3.63) is 40.1 Å². The fourth-order valence-corrected chi connectivity index (χ4v) is 3.63. The van der Waals surface area contributed by atoms with Crippen molar-refractivity contribution in [2.75, 3.05) is 13.2 Å². The second-order valence-electron chi connectivity index (χ2n) is 5.47. The minimum absolute atomic E-state index is 0.0247. The zero-order valence-electron chi connectivity index (χ0n) is 12.3. The van der Waals surface area contributed by atoms with E-state index < -0.39 is 5.60 Å². The van der Waals surface area contributed by atoms with E-state index in [1.165, 1.54) is 10.4 Å². The van der Waals surface area contributed by atoms with E-state index >= 15 is 0 Å². The van der Waals surface area contributed by atoms with Crippen LogP contribution < -0.4 is 5.32 Å². The Bertz CT molecular complexity index is 649. The molecule has 2 aromatic heterocycles. The standard InChI is InChI=1S/C15H19N3O2S/c1-11-16-5-6-18(11)9-14(19)17-10-15(2)12-4-8-21-13(12)3-7-20-15/h4-6,8H,3,7,9-10H2,1-2H3,(H,17,19)/t15-/m1/s1. The van der Waals surface area contributed by atoms with Crippen molar-refractivity contribution in [2.45, 2.75) is 32.4 Å². The molecule has 0 spiro atoms. The molecule has 112 valence electrons. The van der Waals surface area contributed by atoms with Crippen LogP contribution in [0.4, 0.5) is 0 Å². The minimum atomic E-state index is -0.423. The van der Waals surface area contributed by atoms with Gasteiger partial charge in [0, 0.05) is 23.7 Å². The smallest absolute Gasteiger partial charge is 0.240 e. The molecule has 6 heteroatoms. The Morgan fingerprint density at radius 3 is 3.24 bits per heavy atom. The number of aromatic nitrogens is 2. The first-order valence-corrected chi connectivity index (χ1v) is 7.92. The monoisotopic (exact) mass is 305 g/mol. The molecule has 1 atom stereocenters. The lowest BCUT2D eigenvalue weighted by Crippen LogP contribution is -2.44. The van der Waals surface area contributed by atoms with Gasteiger partial charge in [0.2, 0.25) is 5.91 Å². The third-order valence-corrected chi connectivity index (χ3v) is 4.91. The summed E-state index contributed by atoms with van der Waals surface area (Å²) in [6.45, 7) is 5.42. The van der Waals surface area contributed by atoms with E-state index in [1.807, 2.05) is 24.6 Å². The molecule has 1 N–H and O–H groups in total. The summed E-state index contributed by atoms with van der Waals surface area (Å²) in [5.74, 6) is 0.814. The van der Waals surface area contributed by atoms with Gasteiger partial charge < -0.3 is 14.6 Å². The Morgan fingerprint density at radius 2 is 2.48 bits per heavy atom. The number of aryl methyl sites for hydroxylation is 1. The molecule has 3 heterocycles. The van der Waals surface area contributed by atoms with E-state index in [-0.39, 0.29) is 5.91 Å². The molecule has 3 rings (SSSR count). The molecule has 21 heavy (non-hydrogen) atoms. The maximum atomic E-state index is 12.1. The van der Waals surface area contributed by atoms with Crippen molar-refractivity contribution < 1.29 is 9.53 Å². The Kier molecular flexibility index (Phi) is 3.82. The number of carbonyl (C=O) groups excluding carboxylic acids is 1. The molecule has 0 unspecified atom stereocenters. The Labute approximate surface area is 128 Å². The van der Waals surface area contributed by atoms with E-state index in [0.29, 0.717) is 19.7 Å². The van der Waals surface area contributed by atoms with Gasteiger partial charge in [-0.15, -0.1) is 11.3 Å². The van der Waals surface area contributed by atoms with Crippen LogP contribution in [-0.2, 0) is 28.1 Å². The van der Waals surface area contributed by atoms with Crippen LogP contribution in [0.5, 0.6) is 0 Å². The van der Waals surface area contributed by atoms with E-state index in [2.05, 4.69) is 21.7 Å². The number of fused-ring (bicyclic) bond motifs is 1. The van der Waals surface area contributed by atoms with Crippen molar-refractivity contribution in [3.8, 4) is 0 Å². The minimum Gasteiger partial charge on any atom is -0.368 e. The highest BCUT2D eigenvalue weighted by Gasteiger charge is 2.34. The fourth-order valence-electron chi connectivity index (χ4n) is 2.65. The number of thiophene rings is 1. The number of hydrogen-bond donors (Lipinski definition) is 1. The Hall–Kier alpha value is -1.66. The number of nitrogens with zero attached hydrogens (tertiary/aromatic N) is 2. The number of hydrogen-bond acceptors (Lipinski definition) is 4. The van der Waals surface area contributed by atoms with Gasteiger partial charge in [-0.3, -0.25) is 4.79 Å². The van der Waals surface area contributed by atoms with E-state index in [4.69, 9.17) is 4.74 Å². The number of amides is 1. The Balaban J connectivity index is 1.63. The highest BCUT2D eigenvalue weighted by atomic mass is 32.1. The number of rotatable bonds is 4. The number of carbonyl (C=O) groups is 1. The van der Waals surface area contributed by atoms with Gasteiger partial charge in [0.15, 0.2) is 0 Å². The zero-order chi connectivity index (χ0) is 14.9. The molecule has 0 fully saturated rings. The van der Waals surface area contributed by atoms with Gasteiger partial charge >= 0.3 is 0 Å². The summed E-state index contributed by atoms with van der Waals surface area (Å²) in [6, 6.07) is 2.10. The summed E-state index contributed by atoms with van der Waals surface area (Å²) in [7, 11) is 0. The third kappa shape index (κ3) is 2.87. The summed E-state index contributed by atoms with van der Waals surface area (Å²) in [5, 5.41) is 5.07. The summed E-state index contributed by atoms with van der Waals surface area (Å²) < 4.78 is 7.76. The maximum absolute atomic E-state index is 12.1. The first-order valence-electron chi connectivity index (χ1n) is 7.04. The van der Waals surface area contributed by atoms with E-state index in [1.54, 1.807) is 17.5 Å². The predicted molar refractivity (Wildman–Crippen MR) is 81.3 cm³/mol. The SMILES string of the molecule is Cc1nccn1CC(=O)NC[C@@]1(C)OCCc2sccc21. The molecule has 1 aliphatic heterocycles. The molecule has 0 saturated carbocycles. The number of imidazole rings is 1. The summed E-state index contributed by atoms with van der Waals surface area (Å²) in [4.78, 5) is 17.6. The van der Waals surface area contributed by atoms with Crippen LogP contribution in [0.15, 0.2) is 23.8 Å². The van der Waals surface area contributed by atoms with E-state index in [0.717, 1.165) is 12.2 Å². The van der Waals surface area contributed by atoms with Crippen molar-refractivity contribution >= 4 is 17.2 Å². The fraction of sp³-hybridized carbons (Fsp3) is 0.467.